The zero-order valence-electron chi connectivity index (χ0n) is 9.35. The van der Waals surface area contributed by atoms with Crippen molar-refractivity contribution >= 4 is 34.2 Å². The Labute approximate surface area is 110 Å². The van der Waals surface area contributed by atoms with Crippen LogP contribution in [0.4, 0.5) is 0 Å². The topological polar surface area (TPSA) is 25.8 Å². The molecule has 0 aliphatic carbocycles. The van der Waals surface area contributed by atoms with Gasteiger partial charge >= 0.3 is 0 Å². The molecule has 4 heteroatoms. The van der Waals surface area contributed by atoms with Crippen LogP contribution >= 0.6 is 34.2 Å². The van der Waals surface area contributed by atoms with Gasteiger partial charge in [0, 0.05) is 6.42 Å². The molecule has 0 bridgehead atoms. The Morgan fingerprint density at radius 1 is 1.33 bits per heavy atom. The third-order valence-corrected chi connectivity index (χ3v) is 3.73. The summed E-state index contributed by atoms with van der Waals surface area (Å²) in [7, 11) is 0. The van der Waals surface area contributed by atoms with E-state index in [-0.39, 0.29) is 0 Å². The lowest BCUT2D eigenvalue weighted by Gasteiger charge is -2.08. The van der Waals surface area contributed by atoms with Crippen LogP contribution in [0.2, 0.25) is 5.15 Å². The first kappa shape index (κ1) is 13.2. The van der Waals surface area contributed by atoms with Gasteiger partial charge in [0.2, 0.25) is 0 Å². The first-order valence-electron chi connectivity index (χ1n) is 5.25. The second-order valence-electron chi connectivity index (χ2n) is 4.04. The predicted octanol–water partition coefficient (Wildman–Crippen LogP) is 3.89. The van der Waals surface area contributed by atoms with Crippen molar-refractivity contribution in [3.8, 4) is 0 Å². The zero-order valence-corrected chi connectivity index (χ0v) is 12.3. The lowest BCUT2D eigenvalue weighted by molar-refractivity contribution is 0.616. The summed E-state index contributed by atoms with van der Waals surface area (Å²) in [5.74, 6) is 1.44. The SMILES string of the molecule is CCCc1nc(CC(C)C)nc(Cl)c1I. The van der Waals surface area contributed by atoms with Gasteiger partial charge in [0.05, 0.1) is 9.26 Å². The maximum Gasteiger partial charge on any atom is 0.146 e. The van der Waals surface area contributed by atoms with E-state index in [1.807, 2.05) is 0 Å². The first-order valence-corrected chi connectivity index (χ1v) is 6.71. The molecule has 84 valence electrons. The second-order valence-corrected chi connectivity index (χ2v) is 5.48. The highest BCUT2D eigenvalue weighted by molar-refractivity contribution is 14.1. The van der Waals surface area contributed by atoms with Gasteiger partial charge in [-0.25, -0.2) is 9.97 Å². The van der Waals surface area contributed by atoms with Gasteiger partial charge in [-0.2, -0.15) is 0 Å². The summed E-state index contributed by atoms with van der Waals surface area (Å²) >= 11 is 8.30. The highest BCUT2D eigenvalue weighted by Crippen LogP contribution is 2.21. The van der Waals surface area contributed by atoms with Crippen LogP contribution in [-0.4, -0.2) is 9.97 Å². The fraction of sp³-hybridized carbons (Fsp3) is 0.636. The minimum Gasteiger partial charge on any atom is -0.237 e. The summed E-state index contributed by atoms with van der Waals surface area (Å²) in [6.07, 6.45) is 2.96. The lowest BCUT2D eigenvalue weighted by atomic mass is 10.1. The summed E-state index contributed by atoms with van der Waals surface area (Å²) in [5, 5.41) is 0.602. The molecule has 2 nitrogen and oxygen atoms in total. The van der Waals surface area contributed by atoms with Crippen molar-refractivity contribution in [2.75, 3.05) is 0 Å². The molecule has 1 heterocycles. The largest absolute Gasteiger partial charge is 0.237 e. The summed E-state index contributed by atoms with van der Waals surface area (Å²) < 4.78 is 1.00. The molecule has 0 saturated heterocycles. The summed E-state index contributed by atoms with van der Waals surface area (Å²) in [6, 6.07) is 0. The maximum atomic E-state index is 6.08. The van der Waals surface area contributed by atoms with Crippen LogP contribution in [0.15, 0.2) is 0 Å². The van der Waals surface area contributed by atoms with Crippen molar-refractivity contribution in [2.45, 2.75) is 40.0 Å². The van der Waals surface area contributed by atoms with Crippen molar-refractivity contribution in [3.63, 3.8) is 0 Å². The predicted molar refractivity (Wildman–Crippen MR) is 72.3 cm³/mol. The van der Waals surface area contributed by atoms with Crippen molar-refractivity contribution < 1.29 is 0 Å². The normalized spacial score (nSPS) is 11.1. The maximum absolute atomic E-state index is 6.08. The van der Waals surface area contributed by atoms with Crippen molar-refractivity contribution in [2.24, 2.45) is 5.92 Å². The van der Waals surface area contributed by atoms with Gasteiger partial charge in [-0.1, -0.05) is 38.8 Å². The van der Waals surface area contributed by atoms with E-state index < -0.39 is 0 Å². The zero-order chi connectivity index (χ0) is 11.4. The van der Waals surface area contributed by atoms with E-state index in [1.54, 1.807) is 0 Å². The van der Waals surface area contributed by atoms with E-state index in [0.717, 1.165) is 34.4 Å². The molecule has 0 atom stereocenters. The average molecular weight is 339 g/mol. The quantitative estimate of drug-likeness (QED) is 0.615. The van der Waals surface area contributed by atoms with Crippen molar-refractivity contribution in [1.29, 1.82) is 0 Å². The van der Waals surface area contributed by atoms with E-state index >= 15 is 0 Å². The molecular formula is C11H16ClIN2. The Kier molecular flexibility index (Phi) is 5.26. The van der Waals surface area contributed by atoms with Gasteiger partial charge in [0.15, 0.2) is 0 Å². The number of rotatable bonds is 4. The highest BCUT2D eigenvalue weighted by atomic mass is 127. The standard InChI is InChI=1S/C11H16ClIN2/c1-4-5-8-10(13)11(12)15-9(14-8)6-7(2)3/h7H,4-6H2,1-3H3. The van der Waals surface area contributed by atoms with Gasteiger partial charge < -0.3 is 0 Å². The van der Waals surface area contributed by atoms with Crippen molar-refractivity contribution in [1.82, 2.24) is 9.97 Å². The van der Waals surface area contributed by atoms with Crippen molar-refractivity contribution in [3.05, 3.63) is 20.2 Å². The molecule has 1 rings (SSSR count). The minimum atomic E-state index is 0.565. The van der Waals surface area contributed by atoms with Crippen LogP contribution < -0.4 is 0 Å². The van der Waals surface area contributed by atoms with E-state index in [1.165, 1.54) is 0 Å². The summed E-state index contributed by atoms with van der Waals surface area (Å²) in [5.41, 5.74) is 1.09. The molecule has 0 unspecified atom stereocenters. The van der Waals surface area contributed by atoms with Gasteiger partial charge in [0.25, 0.3) is 0 Å². The van der Waals surface area contributed by atoms with Crippen LogP contribution in [-0.2, 0) is 12.8 Å². The number of halogens is 2. The molecule has 0 N–H and O–H groups in total. The molecule has 15 heavy (non-hydrogen) atoms. The third-order valence-electron chi connectivity index (χ3n) is 2.00. The Morgan fingerprint density at radius 2 is 2.00 bits per heavy atom. The second kappa shape index (κ2) is 5.99. The molecule has 0 spiro atoms. The lowest BCUT2D eigenvalue weighted by Crippen LogP contribution is -2.06. The van der Waals surface area contributed by atoms with Crippen LogP contribution in [0.3, 0.4) is 0 Å². The van der Waals surface area contributed by atoms with E-state index in [9.17, 15) is 0 Å². The Hall–Kier alpha value is 0.100. The molecule has 0 aliphatic rings. The van der Waals surface area contributed by atoms with Gasteiger partial charge in [0.1, 0.15) is 11.0 Å². The number of hydrogen-bond acceptors (Lipinski definition) is 2. The van der Waals surface area contributed by atoms with Crippen LogP contribution in [0.25, 0.3) is 0 Å². The monoisotopic (exact) mass is 338 g/mol. The number of aromatic nitrogens is 2. The molecule has 0 saturated carbocycles. The number of nitrogens with zero attached hydrogens (tertiary/aromatic N) is 2. The molecule has 0 aliphatic heterocycles. The van der Waals surface area contributed by atoms with Gasteiger partial charge in [-0.05, 0) is 34.9 Å². The summed E-state index contributed by atoms with van der Waals surface area (Å²) in [4.78, 5) is 8.86. The van der Waals surface area contributed by atoms with Crippen LogP contribution in [0.1, 0.15) is 38.7 Å². The molecule has 0 radical (unpaired) electrons. The fourth-order valence-corrected chi connectivity index (χ4v) is 2.09. The van der Waals surface area contributed by atoms with E-state index in [0.29, 0.717) is 11.1 Å². The van der Waals surface area contributed by atoms with E-state index in [2.05, 4.69) is 53.3 Å². The smallest absolute Gasteiger partial charge is 0.146 e. The molecule has 0 aromatic carbocycles. The van der Waals surface area contributed by atoms with Gasteiger partial charge in [-0.3, -0.25) is 0 Å². The highest BCUT2D eigenvalue weighted by Gasteiger charge is 2.10. The first-order chi connectivity index (χ1) is 7.04. The summed E-state index contributed by atoms with van der Waals surface area (Å²) in [6.45, 7) is 6.47. The minimum absolute atomic E-state index is 0.565. The molecule has 0 fully saturated rings. The van der Waals surface area contributed by atoms with E-state index in [4.69, 9.17) is 11.6 Å². The molecular weight excluding hydrogens is 322 g/mol. The molecule has 1 aromatic rings. The Balaban J connectivity index is 3.00. The molecule has 0 amide bonds. The van der Waals surface area contributed by atoms with Crippen LogP contribution in [0, 0.1) is 9.49 Å². The number of aryl methyl sites for hydroxylation is 1. The van der Waals surface area contributed by atoms with Gasteiger partial charge in [-0.15, -0.1) is 0 Å². The third kappa shape index (κ3) is 3.87. The fourth-order valence-electron chi connectivity index (χ4n) is 1.37. The Morgan fingerprint density at radius 3 is 2.53 bits per heavy atom. The average Bonchev–Trinajstić information content (AvgIpc) is 2.12. The molecule has 1 aromatic heterocycles. The van der Waals surface area contributed by atoms with Crippen LogP contribution in [0.5, 0.6) is 0 Å². The number of hydrogen-bond donors (Lipinski definition) is 0. The Bertz CT molecular complexity index is 340.